The van der Waals surface area contributed by atoms with Gasteiger partial charge in [-0.1, -0.05) is 37.3 Å². The highest BCUT2D eigenvalue weighted by atomic mass is 16.6. The molecule has 2 rings (SSSR count). The van der Waals surface area contributed by atoms with Gasteiger partial charge in [-0.2, -0.15) is 5.21 Å². The first kappa shape index (κ1) is 13.5. The summed E-state index contributed by atoms with van der Waals surface area (Å²) in [4.78, 5) is 10.9. The van der Waals surface area contributed by atoms with Crippen molar-refractivity contribution in [3.63, 3.8) is 0 Å². The van der Waals surface area contributed by atoms with Gasteiger partial charge in [0.05, 0.1) is 5.92 Å². The lowest BCUT2D eigenvalue weighted by molar-refractivity contribution is -1.06. The predicted octanol–water partition coefficient (Wildman–Crippen LogP) is 2.23. The molecule has 0 spiro atoms. The van der Waals surface area contributed by atoms with Gasteiger partial charge in [-0.15, -0.1) is 0 Å². The van der Waals surface area contributed by atoms with Crippen molar-refractivity contribution in [3.8, 4) is 0 Å². The number of nitrogens with zero attached hydrogens (tertiary/aromatic N) is 2. The number of carbonyl (C=O) groups is 1. The highest BCUT2D eigenvalue weighted by Crippen LogP contribution is 2.27. The third kappa shape index (κ3) is 2.89. The van der Waals surface area contributed by atoms with Gasteiger partial charge in [-0.05, 0) is 9.86 Å². The average Bonchev–Trinajstić information content (AvgIpc) is 2.66. The molecule has 0 saturated carbocycles. The summed E-state index contributed by atoms with van der Waals surface area (Å²) in [5.41, 5.74) is 2.14. The molecule has 5 heteroatoms. The molecule has 2 atom stereocenters. The number of hydrogen-bond acceptors (Lipinski definition) is 3. The summed E-state index contributed by atoms with van der Waals surface area (Å²) in [6.45, 7) is 1.61. The molecule has 0 bridgehead atoms. The standard InChI is InChI=1S/C14H16N2O3/c1-10(14(17)18)8-12-9-13(15-16(12,2)19)11-6-4-3-5-7-11/h3-7,9-10,19H,8H2,1-2H3/p+1. The van der Waals surface area contributed by atoms with E-state index >= 15 is 0 Å². The third-order valence-corrected chi connectivity index (χ3v) is 3.16. The van der Waals surface area contributed by atoms with Crippen LogP contribution in [0.2, 0.25) is 0 Å². The summed E-state index contributed by atoms with van der Waals surface area (Å²) < 4.78 is -0.623. The fourth-order valence-corrected chi connectivity index (χ4v) is 1.97. The number of allylic oxidation sites excluding steroid dienone is 2. The first-order valence-corrected chi connectivity index (χ1v) is 6.09. The van der Waals surface area contributed by atoms with E-state index in [-0.39, 0.29) is 6.42 Å². The number of carboxylic acids is 1. The van der Waals surface area contributed by atoms with E-state index in [4.69, 9.17) is 5.11 Å². The van der Waals surface area contributed by atoms with E-state index in [2.05, 4.69) is 5.10 Å². The monoisotopic (exact) mass is 261 g/mol. The zero-order chi connectivity index (χ0) is 14.0. The highest BCUT2D eigenvalue weighted by Gasteiger charge is 2.35. The molecule has 0 radical (unpaired) electrons. The van der Waals surface area contributed by atoms with Gasteiger partial charge >= 0.3 is 5.97 Å². The van der Waals surface area contributed by atoms with Crippen LogP contribution in [0.5, 0.6) is 0 Å². The van der Waals surface area contributed by atoms with E-state index in [9.17, 15) is 10.0 Å². The second-order valence-corrected chi connectivity index (χ2v) is 4.84. The van der Waals surface area contributed by atoms with Crippen LogP contribution in [0, 0.1) is 5.92 Å². The number of quaternary nitrogens is 1. The summed E-state index contributed by atoms with van der Waals surface area (Å²) in [7, 11) is 1.52. The third-order valence-electron chi connectivity index (χ3n) is 3.16. The number of aliphatic carboxylic acids is 1. The molecule has 5 nitrogen and oxygen atoms in total. The van der Waals surface area contributed by atoms with Gasteiger partial charge in [0.2, 0.25) is 0 Å². The van der Waals surface area contributed by atoms with Crippen molar-refractivity contribution in [2.45, 2.75) is 13.3 Å². The first-order chi connectivity index (χ1) is 8.90. The van der Waals surface area contributed by atoms with Gasteiger partial charge in [0, 0.05) is 18.1 Å². The lowest BCUT2D eigenvalue weighted by Gasteiger charge is -2.17. The molecule has 0 amide bonds. The molecule has 2 unspecified atom stereocenters. The topological polar surface area (TPSA) is 69.9 Å². The zero-order valence-electron chi connectivity index (χ0n) is 10.9. The second kappa shape index (κ2) is 4.95. The molecule has 0 aromatic heterocycles. The Hall–Kier alpha value is -1.98. The van der Waals surface area contributed by atoms with Crippen LogP contribution in [0.25, 0.3) is 0 Å². The molecule has 1 aromatic rings. The molecule has 1 aliphatic rings. The molecular formula is C14H17N2O3+. The highest BCUT2D eigenvalue weighted by molar-refractivity contribution is 6.09. The lowest BCUT2D eigenvalue weighted by Crippen LogP contribution is -2.32. The fourth-order valence-electron chi connectivity index (χ4n) is 1.97. The van der Waals surface area contributed by atoms with Crippen molar-refractivity contribution in [3.05, 3.63) is 47.7 Å². The van der Waals surface area contributed by atoms with Crippen molar-refractivity contribution in [1.82, 2.24) is 0 Å². The van der Waals surface area contributed by atoms with E-state index in [1.165, 1.54) is 7.05 Å². The van der Waals surface area contributed by atoms with Crippen LogP contribution >= 0.6 is 0 Å². The Morgan fingerprint density at radius 1 is 1.37 bits per heavy atom. The Bertz CT molecular complexity index is 547. The zero-order valence-corrected chi connectivity index (χ0v) is 10.9. The summed E-state index contributed by atoms with van der Waals surface area (Å²) in [5, 5.41) is 23.4. The maximum absolute atomic E-state index is 10.9. The maximum atomic E-state index is 10.9. The molecule has 19 heavy (non-hydrogen) atoms. The number of hydrogen-bond donors (Lipinski definition) is 2. The minimum Gasteiger partial charge on any atom is -0.481 e. The van der Waals surface area contributed by atoms with Crippen LogP contribution < -0.4 is 0 Å². The Balaban J connectivity index is 2.26. The van der Waals surface area contributed by atoms with Crippen LogP contribution in [0.4, 0.5) is 0 Å². The Labute approximate surface area is 111 Å². The van der Waals surface area contributed by atoms with E-state index < -0.39 is 16.6 Å². The molecule has 1 aromatic carbocycles. The van der Waals surface area contributed by atoms with E-state index in [0.29, 0.717) is 11.4 Å². The Morgan fingerprint density at radius 2 is 2.00 bits per heavy atom. The van der Waals surface area contributed by atoms with Crippen LogP contribution in [-0.2, 0) is 4.79 Å². The summed E-state index contributed by atoms with van der Waals surface area (Å²) in [6.07, 6.45) is 2.02. The number of rotatable bonds is 4. The van der Waals surface area contributed by atoms with Gasteiger partial charge in [0.15, 0.2) is 5.70 Å². The van der Waals surface area contributed by atoms with Crippen LogP contribution in [0.3, 0.4) is 0 Å². The quantitative estimate of drug-likeness (QED) is 0.816. The van der Waals surface area contributed by atoms with Gasteiger partial charge < -0.3 is 5.11 Å². The molecule has 0 aliphatic carbocycles. The molecule has 0 saturated heterocycles. The van der Waals surface area contributed by atoms with Gasteiger partial charge in [0.25, 0.3) is 0 Å². The smallest absolute Gasteiger partial charge is 0.306 e. The minimum absolute atomic E-state index is 0.266. The second-order valence-electron chi connectivity index (χ2n) is 4.84. The summed E-state index contributed by atoms with van der Waals surface area (Å²) in [5.74, 6) is -1.43. The van der Waals surface area contributed by atoms with Crippen LogP contribution in [-0.4, -0.2) is 33.8 Å². The fraction of sp³-hybridized carbons (Fsp3) is 0.286. The van der Waals surface area contributed by atoms with Gasteiger partial charge in [-0.3, -0.25) is 4.79 Å². The van der Waals surface area contributed by atoms with Crippen molar-refractivity contribution >= 4 is 11.7 Å². The number of hydroxylamine groups is 2. The largest absolute Gasteiger partial charge is 0.481 e. The molecule has 0 fully saturated rings. The van der Waals surface area contributed by atoms with Crippen LogP contribution in [0.1, 0.15) is 18.9 Å². The van der Waals surface area contributed by atoms with Crippen molar-refractivity contribution < 1.29 is 19.9 Å². The SMILES string of the molecule is CC(CC1=CC(c2ccccc2)=N[N+]1(C)O)C(=O)O. The number of carboxylic acid groups (broad SMARTS) is 1. The van der Waals surface area contributed by atoms with Crippen molar-refractivity contribution in [2.24, 2.45) is 11.0 Å². The first-order valence-electron chi connectivity index (χ1n) is 6.09. The Morgan fingerprint density at radius 3 is 2.58 bits per heavy atom. The normalized spacial score (nSPS) is 23.7. The number of benzene rings is 1. The molecule has 100 valence electrons. The van der Waals surface area contributed by atoms with E-state index in [1.807, 2.05) is 30.3 Å². The molecular weight excluding hydrogens is 244 g/mol. The van der Waals surface area contributed by atoms with Gasteiger partial charge in [-0.25, -0.2) is 0 Å². The van der Waals surface area contributed by atoms with E-state index in [1.54, 1.807) is 13.0 Å². The minimum atomic E-state index is -0.880. The van der Waals surface area contributed by atoms with E-state index in [0.717, 1.165) is 5.56 Å². The maximum Gasteiger partial charge on any atom is 0.306 e. The summed E-state index contributed by atoms with van der Waals surface area (Å²) in [6, 6.07) is 9.50. The average molecular weight is 261 g/mol. The molecule has 2 N–H and O–H groups in total. The molecule has 1 aliphatic heterocycles. The van der Waals surface area contributed by atoms with Gasteiger partial charge in [0.1, 0.15) is 12.8 Å². The Kier molecular flexibility index (Phi) is 3.50. The van der Waals surface area contributed by atoms with Crippen LogP contribution in [0.15, 0.2) is 47.2 Å². The van der Waals surface area contributed by atoms with Crippen molar-refractivity contribution in [1.29, 1.82) is 0 Å². The predicted molar refractivity (Wildman–Crippen MR) is 70.4 cm³/mol. The molecule has 1 heterocycles. The van der Waals surface area contributed by atoms with Crippen molar-refractivity contribution in [2.75, 3.05) is 7.05 Å². The summed E-state index contributed by atoms with van der Waals surface area (Å²) >= 11 is 0. The lowest BCUT2D eigenvalue weighted by atomic mass is 10.0.